The Morgan fingerprint density at radius 3 is 2.20 bits per heavy atom. The molecule has 6 nitrogen and oxygen atoms in total. The summed E-state index contributed by atoms with van der Waals surface area (Å²) >= 11 is 0. The fourth-order valence-electron chi connectivity index (χ4n) is 12.2. The van der Waals surface area contributed by atoms with E-state index in [1.54, 1.807) is 0 Å². The predicted octanol–water partition coefficient (Wildman–Crippen LogP) is 6.72. The van der Waals surface area contributed by atoms with Crippen molar-refractivity contribution in [1.82, 2.24) is 9.80 Å². The molecule has 1 aliphatic heterocycles. The Morgan fingerprint density at radius 2 is 1.55 bits per heavy atom. The SMILES string of the molecule is CC(=O)O[C@H]1CC[C@]2(C)[C@H]3C(=O)C=C4[C@@H]5C[C@@](C)(C(=O)CN6CCN(C)CC6)CC[C@]5(C)CC[C@@]4(C)[C@]3(C)CC[C@H]2C1(C)C. The average molecular weight is 609 g/mol. The number of likely N-dealkylation sites (N-methyl/N-ethyl adjacent to an activating group) is 1. The topological polar surface area (TPSA) is 66.9 Å². The zero-order valence-corrected chi connectivity index (χ0v) is 29.3. The summed E-state index contributed by atoms with van der Waals surface area (Å²) in [5.41, 5.74) is 0.705. The van der Waals surface area contributed by atoms with Gasteiger partial charge in [-0.25, -0.2) is 0 Å². The van der Waals surface area contributed by atoms with Crippen molar-refractivity contribution in [2.24, 2.45) is 50.2 Å². The molecule has 0 aromatic rings. The van der Waals surface area contributed by atoms with Crippen LogP contribution in [0.3, 0.4) is 0 Å². The van der Waals surface area contributed by atoms with Crippen LogP contribution in [0.25, 0.3) is 0 Å². The van der Waals surface area contributed by atoms with E-state index < -0.39 is 0 Å². The number of piperazine rings is 1. The summed E-state index contributed by atoms with van der Waals surface area (Å²) in [5, 5.41) is 0. The lowest BCUT2D eigenvalue weighted by atomic mass is 9.33. The molecule has 246 valence electrons. The van der Waals surface area contributed by atoms with Crippen molar-refractivity contribution in [3.8, 4) is 0 Å². The van der Waals surface area contributed by atoms with Crippen LogP contribution in [0, 0.1) is 50.2 Å². The number of ketones is 2. The highest BCUT2D eigenvalue weighted by molar-refractivity contribution is 5.96. The molecule has 5 fully saturated rings. The molecule has 6 heteroatoms. The van der Waals surface area contributed by atoms with Gasteiger partial charge in [0, 0.05) is 49.9 Å². The minimum absolute atomic E-state index is 0.0294. The minimum Gasteiger partial charge on any atom is -0.462 e. The number of hydrogen-bond acceptors (Lipinski definition) is 6. The summed E-state index contributed by atoms with van der Waals surface area (Å²) < 4.78 is 5.89. The smallest absolute Gasteiger partial charge is 0.302 e. The first-order chi connectivity index (χ1) is 20.4. The van der Waals surface area contributed by atoms with Crippen LogP contribution in [0.5, 0.6) is 0 Å². The third-order valence-electron chi connectivity index (χ3n) is 15.5. The largest absolute Gasteiger partial charge is 0.462 e. The number of ether oxygens (including phenoxy) is 1. The Morgan fingerprint density at radius 1 is 0.886 bits per heavy atom. The summed E-state index contributed by atoms with van der Waals surface area (Å²) in [4.78, 5) is 45.4. The van der Waals surface area contributed by atoms with Crippen molar-refractivity contribution in [3.63, 3.8) is 0 Å². The van der Waals surface area contributed by atoms with Gasteiger partial charge in [0.25, 0.3) is 0 Å². The van der Waals surface area contributed by atoms with Crippen molar-refractivity contribution >= 4 is 17.5 Å². The fraction of sp³-hybridized carbons (Fsp3) is 0.868. The summed E-state index contributed by atoms with van der Waals surface area (Å²) in [6, 6.07) is 0. The average Bonchev–Trinajstić information content (AvgIpc) is 2.93. The normalized spacial score (nSPS) is 47.4. The number of esters is 1. The Kier molecular flexibility index (Phi) is 7.73. The Balaban J connectivity index is 1.32. The van der Waals surface area contributed by atoms with Gasteiger partial charge in [-0.2, -0.15) is 0 Å². The van der Waals surface area contributed by atoms with E-state index in [4.69, 9.17) is 4.74 Å². The number of carbonyl (C=O) groups is 3. The van der Waals surface area contributed by atoms with Crippen LogP contribution in [0.1, 0.15) is 113 Å². The number of Topliss-reactive ketones (excluding diaryl/α,β-unsaturated/α-hetero) is 1. The molecule has 9 atom stereocenters. The van der Waals surface area contributed by atoms with Gasteiger partial charge in [0.05, 0.1) is 6.54 Å². The molecule has 0 aromatic heterocycles. The van der Waals surface area contributed by atoms with Crippen molar-refractivity contribution in [3.05, 3.63) is 11.6 Å². The van der Waals surface area contributed by atoms with Gasteiger partial charge in [-0.1, -0.05) is 54.0 Å². The van der Waals surface area contributed by atoms with Crippen LogP contribution in [0.4, 0.5) is 0 Å². The summed E-state index contributed by atoms with van der Waals surface area (Å²) in [7, 11) is 2.16. The van der Waals surface area contributed by atoms with E-state index in [2.05, 4.69) is 71.4 Å². The molecule has 4 saturated carbocycles. The van der Waals surface area contributed by atoms with Gasteiger partial charge in [-0.3, -0.25) is 19.3 Å². The third-order valence-corrected chi connectivity index (χ3v) is 15.5. The standard InChI is InChI=1S/C38H60N2O4/c1-25(41)44-31-11-12-36(6)29(33(31,2)3)10-13-38(8)32(36)28(42)22-26-27-23-35(5,15-14-34(27,4)16-17-37(26,38)7)30(43)24-40-20-18-39(9)19-21-40/h22,27,29,31-32H,10-21,23-24H2,1-9H3/t27-,29-,31-,32+,34+,35-,36-,37+,38+/m0/s1. The van der Waals surface area contributed by atoms with E-state index in [0.717, 1.165) is 77.5 Å². The number of hydrogen-bond donors (Lipinski definition) is 0. The summed E-state index contributed by atoms with van der Waals surface area (Å²) in [5.74, 6) is 1.11. The fourth-order valence-corrected chi connectivity index (χ4v) is 12.2. The lowest BCUT2D eigenvalue weighted by Crippen LogP contribution is -2.66. The molecule has 1 heterocycles. The van der Waals surface area contributed by atoms with Crippen molar-refractivity contribution in [2.75, 3.05) is 39.8 Å². The molecular weight excluding hydrogens is 548 g/mol. The van der Waals surface area contributed by atoms with Crippen molar-refractivity contribution < 1.29 is 19.1 Å². The van der Waals surface area contributed by atoms with E-state index in [1.165, 1.54) is 18.9 Å². The Bertz CT molecular complexity index is 1250. The second kappa shape index (κ2) is 10.5. The second-order valence-corrected chi connectivity index (χ2v) is 18.2. The van der Waals surface area contributed by atoms with Crippen LogP contribution in [-0.4, -0.2) is 73.2 Å². The van der Waals surface area contributed by atoms with Crippen molar-refractivity contribution in [1.29, 1.82) is 0 Å². The molecule has 6 rings (SSSR count). The van der Waals surface area contributed by atoms with Crippen LogP contribution in [0.15, 0.2) is 11.6 Å². The molecule has 0 N–H and O–H groups in total. The summed E-state index contributed by atoms with van der Waals surface area (Å²) in [6.07, 6.45) is 11.1. The Labute approximate surface area is 267 Å². The van der Waals surface area contributed by atoms with E-state index in [0.29, 0.717) is 24.0 Å². The van der Waals surface area contributed by atoms with E-state index in [-0.39, 0.29) is 56.4 Å². The van der Waals surface area contributed by atoms with Gasteiger partial charge in [0.1, 0.15) is 6.10 Å². The van der Waals surface area contributed by atoms with Crippen LogP contribution < -0.4 is 0 Å². The van der Waals surface area contributed by atoms with Crippen LogP contribution in [0.2, 0.25) is 0 Å². The predicted molar refractivity (Wildman–Crippen MR) is 174 cm³/mol. The molecule has 1 saturated heterocycles. The maximum atomic E-state index is 14.7. The first-order valence-corrected chi connectivity index (χ1v) is 17.8. The lowest BCUT2D eigenvalue weighted by molar-refractivity contribution is -0.210. The first-order valence-electron chi connectivity index (χ1n) is 17.8. The number of allylic oxidation sites excluding steroid dienone is 2. The third kappa shape index (κ3) is 4.65. The second-order valence-electron chi connectivity index (χ2n) is 18.2. The van der Waals surface area contributed by atoms with Crippen LogP contribution >= 0.6 is 0 Å². The maximum Gasteiger partial charge on any atom is 0.302 e. The van der Waals surface area contributed by atoms with Gasteiger partial charge in [-0.05, 0) is 104 Å². The number of carbonyl (C=O) groups excluding carboxylic acids is 3. The van der Waals surface area contributed by atoms with E-state index in [9.17, 15) is 14.4 Å². The summed E-state index contributed by atoms with van der Waals surface area (Å²) in [6.45, 7) is 22.7. The molecule has 44 heavy (non-hydrogen) atoms. The van der Waals surface area contributed by atoms with Gasteiger partial charge in [0.2, 0.25) is 0 Å². The lowest BCUT2D eigenvalue weighted by Gasteiger charge is -2.70. The Hall–Kier alpha value is -1.53. The highest BCUT2D eigenvalue weighted by Gasteiger charge is 2.70. The number of rotatable bonds is 4. The van der Waals surface area contributed by atoms with Gasteiger partial charge in [-0.15, -0.1) is 0 Å². The zero-order chi connectivity index (χ0) is 32.1. The highest BCUT2D eigenvalue weighted by Crippen LogP contribution is 2.75. The molecule has 0 radical (unpaired) electrons. The molecule has 6 aliphatic rings. The maximum absolute atomic E-state index is 14.7. The number of nitrogens with zero attached hydrogens (tertiary/aromatic N) is 2. The number of fused-ring (bicyclic) bond motifs is 7. The van der Waals surface area contributed by atoms with Gasteiger partial charge < -0.3 is 9.64 Å². The molecule has 0 aromatic carbocycles. The molecular formula is C38H60N2O4. The molecule has 0 unspecified atom stereocenters. The van der Waals surface area contributed by atoms with Gasteiger partial charge in [0.15, 0.2) is 11.6 Å². The molecule has 0 amide bonds. The monoisotopic (exact) mass is 608 g/mol. The molecule has 0 spiro atoms. The van der Waals surface area contributed by atoms with Crippen molar-refractivity contribution in [2.45, 2.75) is 119 Å². The van der Waals surface area contributed by atoms with E-state index >= 15 is 0 Å². The van der Waals surface area contributed by atoms with Gasteiger partial charge >= 0.3 is 5.97 Å². The molecule has 0 bridgehead atoms. The van der Waals surface area contributed by atoms with E-state index in [1.807, 2.05) is 0 Å². The zero-order valence-electron chi connectivity index (χ0n) is 29.3. The quantitative estimate of drug-likeness (QED) is 0.331. The minimum atomic E-state index is -0.337. The molecule has 5 aliphatic carbocycles. The van der Waals surface area contributed by atoms with Crippen LogP contribution in [-0.2, 0) is 19.1 Å². The highest BCUT2D eigenvalue weighted by atomic mass is 16.5. The first kappa shape index (κ1) is 32.4.